The van der Waals surface area contributed by atoms with Gasteiger partial charge in [0.05, 0.1) is 14.5 Å². The Morgan fingerprint density at radius 1 is 1.33 bits per heavy atom. The van der Waals surface area contributed by atoms with Crippen molar-refractivity contribution < 1.29 is 4.74 Å². The number of ether oxygens (including phenoxy) is 1. The Morgan fingerprint density at radius 2 is 1.93 bits per heavy atom. The fourth-order valence-electron chi connectivity index (χ4n) is 3.13. The summed E-state index contributed by atoms with van der Waals surface area (Å²) in [4.78, 5) is 0. The van der Waals surface area contributed by atoms with E-state index >= 15 is 0 Å². The minimum atomic E-state index is 0.175. The Kier molecular flexibility index (Phi) is 4.68. The molecule has 0 saturated carbocycles. The summed E-state index contributed by atoms with van der Waals surface area (Å²) in [5.74, 6) is 1.83. The van der Waals surface area contributed by atoms with Crippen LogP contribution in [-0.2, 0) is 4.74 Å². The lowest BCUT2D eigenvalue weighted by Crippen LogP contribution is -2.51. The van der Waals surface area contributed by atoms with Crippen LogP contribution in [0.1, 0.15) is 34.1 Å². The third-order valence-corrected chi connectivity index (χ3v) is 4.79. The molecule has 1 saturated heterocycles. The average molecular weight is 226 g/mol. The molecule has 0 bridgehead atoms. The van der Waals surface area contributed by atoms with Crippen molar-refractivity contribution in [1.29, 1.82) is 0 Å². The van der Waals surface area contributed by atoms with Crippen molar-refractivity contribution in [2.75, 3.05) is 13.2 Å². The summed E-state index contributed by atoms with van der Waals surface area (Å²) in [6.07, 6.45) is 1.10. The van der Waals surface area contributed by atoms with Crippen molar-refractivity contribution in [3.63, 3.8) is 0 Å². The zero-order valence-corrected chi connectivity index (χ0v) is 11.6. The Balaban J connectivity index is 2.99. The zero-order chi connectivity index (χ0) is 11.6. The fraction of sp³-hybridized carbons (Fsp3) is 1.00. The maximum Gasteiger partial charge on any atom is 0.0764 e. The van der Waals surface area contributed by atoms with E-state index in [1.165, 1.54) is 0 Å². The van der Waals surface area contributed by atoms with E-state index in [0.29, 0.717) is 17.8 Å². The van der Waals surface area contributed by atoms with Crippen LogP contribution in [0.3, 0.4) is 0 Å². The Labute approximate surface area is 98.3 Å². The molecule has 0 spiro atoms. The Morgan fingerprint density at radius 3 is 2.27 bits per heavy atom. The van der Waals surface area contributed by atoms with Crippen molar-refractivity contribution in [3.05, 3.63) is 0 Å². The highest BCUT2D eigenvalue weighted by Crippen LogP contribution is 2.49. The average Bonchev–Trinajstić information content (AvgIpc) is 2.16. The van der Waals surface area contributed by atoms with Crippen molar-refractivity contribution >= 4 is 17.1 Å². The quantitative estimate of drug-likeness (QED) is 0.531. The summed E-state index contributed by atoms with van der Waals surface area (Å²) in [6.45, 7) is 10.9. The summed E-state index contributed by atoms with van der Waals surface area (Å²) in [5.41, 5.74) is 0.408. The van der Waals surface area contributed by atoms with Gasteiger partial charge in [0.2, 0.25) is 0 Å². The Hall–Kier alpha value is 0.455. The minimum Gasteiger partial charge on any atom is -0.381 e. The molecule has 4 unspecified atom stereocenters. The van der Waals surface area contributed by atoms with Crippen LogP contribution >= 0.6 is 9.24 Å². The number of hydrogen-bond acceptors (Lipinski definition) is 1. The molecule has 0 amide bonds. The Bertz CT molecular complexity index is 196. The highest BCUT2D eigenvalue weighted by atomic mass is 31.0. The highest BCUT2D eigenvalue weighted by molar-refractivity contribution is 7.20. The molecule has 1 aliphatic heterocycles. The van der Waals surface area contributed by atoms with E-state index in [-0.39, 0.29) is 11.0 Å². The largest absolute Gasteiger partial charge is 0.381 e. The second-order valence-electron chi connectivity index (χ2n) is 5.47. The van der Waals surface area contributed by atoms with Gasteiger partial charge in [0.15, 0.2) is 0 Å². The molecule has 86 valence electrons. The molecular weight excluding hydrogens is 202 g/mol. The van der Waals surface area contributed by atoms with Crippen LogP contribution in [0.15, 0.2) is 0 Å². The first-order valence-corrected chi connectivity index (χ1v) is 6.68. The van der Waals surface area contributed by atoms with E-state index in [1.54, 1.807) is 0 Å². The van der Waals surface area contributed by atoms with E-state index < -0.39 is 0 Å². The molecule has 0 aromatic carbocycles. The third-order valence-electron chi connectivity index (χ3n) is 4.17. The topological polar surface area (TPSA) is 9.23 Å². The molecule has 0 aliphatic carbocycles. The van der Waals surface area contributed by atoms with Gasteiger partial charge in [0.25, 0.3) is 0 Å². The zero-order valence-electron chi connectivity index (χ0n) is 10.5. The van der Waals surface area contributed by atoms with Crippen LogP contribution < -0.4 is 0 Å². The van der Waals surface area contributed by atoms with Gasteiger partial charge in [-0.1, -0.05) is 33.3 Å². The highest BCUT2D eigenvalue weighted by Gasteiger charge is 2.46. The van der Waals surface area contributed by atoms with Crippen molar-refractivity contribution in [2.24, 2.45) is 23.2 Å². The molecule has 1 aliphatic rings. The maximum atomic E-state index is 6.24. The van der Waals surface area contributed by atoms with Crippen LogP contribution in [0.4, 0.5) is 0 Å². The van der Waals surface area contributed by atoms with Crippen LogP contribution in [0.25, 0.3) is 0 Å². The molecule has 1 nitrogen and oxygen atoms in total. The van der Waals surface area contributed by atoms with E-state index in [0.717, 1.165) is 19.6 Å². The molecule has 2 radical (unpaired) electrons. The molecule has 0 aromatic rings. The first-order valence-electron chi connectivity index (χ1n) is 6.01. The summed E-state index contributed by atoms with van der Waals surface area (Å²) in [7, 11) is 9.05. The van der Waals surface area contributed by atoms with Crippen molar-refractivity contribution in [3.8, 4) is 0 Å². The standard InChI is InChI=1S/C12H24BOP/c1-8(2)10-7-14-6-5-12(10,9(3)4)11(13)15/h8-11H,5-7,15H2,1-4H3. The van der Waals surface area contributed by atoms with Crippen LogP contribution in [0, 0.1) is 23.2 Å². The smallest absolute Gasteiger partial charge is 0.0764 e. The first-order chi connectivity index (χ1) is 6.93. The molecule has 1 heterocycles. The molecular formula is C12H24BOP. The third kappa shape index (κ3) is 2.42. The summed E-state index contributed by atoms with van der Waals surface area (Å²) >= 11 is 0. The predicted octanol–water partition coefficient (Wildman–Crippen LogP) is 2.69. The number of rotatable bonds is 3. The van der Waals surface area contributed by atoms with Crippen molar-refractivity contribution in [2.45, 2.75) is 39.7 Å². The fourth-order valence-corrected chi connectivity index (χ4v) is 3.93. The van der Waals surface area contributed by atoms with E-state index in [2.05, 4.69) is 36.9 Å². The predicted molar refractivity (Wildman–Crippen MR) is 70.3 cm³/mol. The molecule has 15 heavy (non-hydrogen) atoms. The van der Waals surface area contributed by atoms with Gasteiger partial charge in [0.1, 0.15) is 0 Å². The minimum absolute atomic E-state index is 0.175. The van der Waals surface area contributed by atoms with E-state index in [1.807, 2.05) is 0 Å². The van der Waals surface area contributed by atoms with Gasteiger partial charge in [0, 0.05) is 6.61 Å². The van der Waals surface area contributed by atoms with Gasteiger partial charge in [-0.25, -0.2) is 0 Å². The molecule has 0 aromatic heterocycles. The van der Waals surface area contributed by atoms with Gasteiger partial charge in [-0.05, 0) is 29.6 Å². The van der Waals surface area contributed by atoms with Crippen LogP contribution in [0.5, 0.6) is 0 Å². The molecule has 1 rings (SSSR count). The van der Waals surface area contributed by atoms with Gasteiger partial charge < -0.3 is 4.74 Å². The molecule has 4 atom stereocenters. The van der Waals surface area contributed by atoms with Crippen LogP contribution in [0.2, 0.25) is 0 Å². The first kappa shape index (κ1) is 13.5. The summed E-state index contributed by atoms with van der Waals surface area (Å²) in [6, 6.07) is 0. The molecule has 3 heteroatoms. The lowest BCUT2D eigenvalue weighted by molar-refractivity contribution is -0.0767. The maximum absolute atomic E-state index is 6.24. The van der Waals surface area contributed by atoms with Crippen molar-refractivity contribution in [1.82, 2.24) is 0 Å². The summed E-state index contributed by atoms with van der Waals surface area (Å²) < 4.78 is 5.63. The van der Waals surface area contributed by atoms with Gasteiger partial charge in [-0.15, -0.1) is 9.24 Å². The van der Waals surface area contributed by atoms with Gasteiger partial charge in [-0.2, -0.15) is 0 Å². The van der Waals surface area contributed by atoms with Crippen LogP contribution in [-0.4, -0.2) is 26.6 Å². The number of hydrogen-bond donors (Lipinski definition) is 0. The SMILES string of the molecule is [B]C(P)C1(C(C)C)CCOCC1C(C)C. The van der Waals surface area contributed by atoms with Gasteiger partial charge in [-0.3, -0.25) is 0 Å². The van der Waals surface area contributed by atoms with Gasteiger partial charge >= 0.3 is 0 Å². The van der Waals surface area contributed by atoms with E-state index in [9.17, 15) is 0 Å². The normalized spacial score (nSPS) is 34.7. The lowest BCUT2D eigenvalue weighted by Gasteiger charge is -2.52. The molecule has 1 fully saturated rings. The second kappa shape index (κ2) is 5.19. The van der Waals surface area contributed by atoms with E-state index in [4.69, 9.17) is 12.6 Å². The second-order valence-corrected chi connectivity index (χ2v) is 6.19. The monoisotopic (exact) mass is 226 g/mol. The summed E-state index contributed by atoms with van der Waals surface area (Å²) in [5, 5.41) is 0. The lowest BCUT2D eigenvalue weighted by atomic mass is 9.56. The molecule has 0 N–H and O–H groups in total.